The predicted molar refractivity (Wildman–Crippen MR) is 100 cm³/mol. The van der Waals surface area contributed by atoms with Crippen molar-refractivity contribution in [2.24, 2.45) is 10.8 Å². The fourth-order valence-corrected chi connectivity index (χ4v) is 5.18. The summed E-state index contributed by atoms with van der Waals surface area (Å²) in [7, 11) is 0. The molecule has 1 amide bonds. The zero-order valence-corrected chi connectivity index (χ0v) is 15.6. The molecule has 1 aliphatic carbocycles. The minimum absolute atomic E-state index is 0.0142. The number of carbonyl (C=O) groups excluding carboxylic acids is 1. The largest absolute Gasteiger partial charge is 0.334 e. The molecule has 1 aromatic carbocycles. The molecule has 4 heteroatoms. The van der Waals surface area contributed by atoms with Crippen molar-refractivity contribution >= 4 is 5.91 Å². The van der Waals surface area contributed by atoms with Crippen LogP contribution in [0.15, 0.2) is 42.5 Å². The number of aromatic nitrogens is 1. The van der Waals surface area contributed by atoms with Crippen molar-refractivity contribution in [2.45, 2.75) is 46.1 Å². The van der Waals surface area contributed by atoms with Crippen molar-refractivity contribution in [3.63, 3.8) is 0 Å². The van der Waals surface area contributed by atoms with Gasteiger partial charge < -0.3 is 4.90 Å². The van der Waals surface area contributed by atoms with Gasteiger partial charge in [0, 0.05) is 18.2 Å². The van der Waals surface area contributed by atoms with E-state index in [1.807, 2.05) is 17.0 Å². The van der Waals surface area contributed by atoms with Crippen LogP contribution in [0.3, 0.4) is 0 Å². The number of hydrogen-bond donors (Lipinski definition) is 0. The minimum atomic E-state index is -0.277. The summed E-state index contributed by atoms with van der Waals surface area (Å²) in [6.07, 6.45) is 3.29. The number of amides is 1. The van der Waals surface area contributed by atoms with Gasteiger partial charge in [0.25, 0.3) is 5.91 Å². The Morgan fingerprint density at radius 3 is 2.58 bits per heavy atom. The van der Waals surface area contributed by atoms with Gasteiger partial charge in [0.1, 0.15) is 11.5 Å². The van der Waals surface area contributed by atoms with E-state index in [0.717, 1.165) is 31.4 Å². The Hall–Kier alpha value is -2.23. The highest BCUT2D eigenvalue weighted by Crippen LogP contribution is 2.52. The highest BCUT2D eigenvalue weighted by Gasteiger charge is 2.51. The second-order valence-corrected chi connectivity index (χ2v) is 9.06. The standard InChI is InChI=1S/C22H25FN2O/c1-21(2)11-17-12-22(3,13-21)14-25(17)20(26)19-6-4-5-18(24-19)15-7-9-16(23)10-8-15/h4-10,17H,11-14H2,1-3H3/t17-,22-/m1/s1. The first-order valence-corrected chi connectivity index (χ1v) is 9.29. The van der Waals surface area contributed by atoms with Crippen LogP contribution in [0.5, 0.6) is 0 Å². The van der Waals surface area contributed by atoms with Gasteiger partial charge in [-0.2, -0.15) is 0 Å². The highest BCUT2D eigenvalue weighted by molar-refractivity contribution is 5.93. The van der Waals surface area contributed by atoms with E-state index in [0.29, 0.717) is 17.4 Å². The van der Waals surface area contributed by atoms with Gasteiger partial charge in [0.05, 0.1) is 5.69 Å². The molecule has 2 aliphatic rings. The number of fused-ring (bicyclic) bond motifs is 2. The molecule has 1 aromatic heterocycles. The van der Waals surface area contributed by atoms with E-state index in [-0.39, 0.29) is 22.6 Å². The van der Waals surface area contributed by atoms with Crippen LogP contribution in [0.2, 0.25) is 0 Å². The van der Waals surface area contributed by atoms with Crippen LogP contribution in [0.1, 0.15) is 50.5 Å². The third-order valence-electron chi connectivity index (χ3n) is 5.78. The van der Waals surface area contributed by atoms with Gasteiger partial charge >= 0.3 is 0 Å². The number of benzene rings is 1. The van der Waals surface area contributed by atoms with Crippen LogP contribution in [0.25, 0.3) is 11.3 Å². The van der Waals surface area contributed by atoms with Gasteiger partial charge in [-0.05, 0) is 66.5 Å². The summed E-state index contributed by atoms with van der Waals surface area (Å²) in [6.45, 7) is 7.72. The fraction of sp³-hybridized carbons (Fsp3) is 0.455. The molecule has 3 nitrogen and oxygen atoms in total. The first-order chi connectivity index (χ1) is 12.2. The molecule has 0 unspecified atom stereocenters. The van der Waals surface area contributed by atoms with Crippen molar-refractivity contribution in [1.29, 1.82) is 0 Å². The van der Waals surface area contributed by atoms with Crippen LogP contribution in [-0.2, 0) is 0 Å². The normalized spacial score (nSPS) is 26.8. The Bertz CT molecular complexity index is 845. The van der Waals surface area contributed by atoms with E-state index in [2.05, 4.69) is 25.8 Å². The van der Waals surface area contributed by atoms with Crippen molar-refractivity contribution in [3.05, 3.63) is 54.0 Å². The number of likely N-dealkylation sites (tertiary alicyclic amines) is 1. The van der Waals surface area contributed by atoms with Gasteiger partial charge in [-0.3, -0.25) is 4.79 Å². The average molecular weight is 352 g/mol. The molecule has 0 spiro atoms. The molecular weight excluding hydrogens is 327 g/mol. The lowest BCUT2D eigenvalue weighted by Gasteiger charge is -2.39. The minimum Gasteiger partial charge on any atom is -0.334 e. The van der Waals surface area contributed by atoms with Gasteiger partial charge in [-0.1, -0.05) is 26.8 Å². The third-order valence-corrected chi connectivity index (χ3v) is 5.78. The number of rotatable bonds is 2. The van der Waals surface area contributed by atoms with E-state index in [9.17, 15) is 9.18 Å². The number of hydrogen-bond acceptors (Lipinski definition) is 2. The SMILES string of the molecule is CC1(C)C[C@@H]2C[C@@](C)(CN2C(=O)c2cccc(-c3ccc(F)cc3)n2)C1. The Morgan fingerprint density at radius 1 is 1.12 bits per heavy atom. The predicted octanol–water partition coefficient (Wildman–Crippen LogP) is 4.93. The molecule has 1 aliphatic heterocycles. The summed E-state index contributed by atoms with van der Waals surface area (Å²) in [4.78, 5) is 19.8. The molecule has 26 heavy (non-hydrogen) atoms. The molecule has 2 aromatic rings. The smallest absolute Gasteiger partial charge is 0.272 e. The quantitative estimate of drug-likeness (QED) is 0.768. The van der Waals surface area contributed by atoms with Crippen molar-refractivity contribution in [2.75, 3.05) is 6.54 Å². The number of nitrogens with zero attached hydrogens (tertiary/aromatic N) is 2. The molecular formula is C22H25FN2O. The second kappa shape index (κ2) is 5.90. The summed E-state index contributed by atoms with van der Waals surface area (Å²) >= 11 is 0. The lowest BCUT2D eigenvalue weighted by molar-refractivity contribution is 0.0702. The molecule has 4 rings (SSSR count). The summed E-state index contributed by atoms with van der Waals surface area (Å²) in [5.74, 6) is -0.262. The molecule has 2 atom stereocenters. The van der Waals surface area contributed by atoms with E-state index in [1.54, 1.807) is 18.2 Å². The summed E-state index contributed by atoms with van der Waals surface area (Å²) < 4.78 is 13.2. The zero-order chi connectivity index (χ0) is 18.5. The fourth-order valence-electron chi connectivity index (χ4n) is 5.18. The van der Waals surface area contributed by atoms with Crippen molar-refractivity contribution in [3.8, 4) is 11.3 Å². The van der Waals surface area contributed by atoms with Crippen LogP contribution < -0.4 is 0 Å². The molecule has 136 valence electrons. The molecule has 1 saturated heterocycles. The molecule has 2 heterocycles. The maximum atomic E-state index is 13.2. The van der Waals surface area contributed by atoms with Gasteiger partial charge in [-0.25, -0.2) is 9.37 Å². The van der Waals surface area contributed by atoms with E-state index >= 15 is 0 Å². The second-order valence-electron chi connectivity index (χ2n) is 9.06. The van der Waals surface area contributed by atoms with Crippen LogP contribution in [-0.4, -0.2) is 28.4 Å². The third kappa shape index (κ3) is 3.13. The average Bonchev–Trinajstić information content (AvgIpc) is 2.84. The van der Waals surface area contributed by atoms with E-state index in [4.69, 9.17) is 0 Å². The van der Waals surface area contributed by atoms with Crippen LogP contribution >= 0.6 is 0 Å². The number of carbonyl (C=O) groups is 1. The Morgan fingerprint density at radius 2 is 1.85 bits per heavy atom. The molecule has 2 fully saturated rings. The maximum Gasteiger partial charge on any atom is 0.272 e. The van der Waals surface area contributed by atoms with Crippen molar-refractivity contribution < 1.29 is 9.18 Å². The summed E-state index contributed by atoms with van der Waals surface area (Å²) in [6, 6.07) is 12.0. The van der Waals surface area contributed by atoms with Crippen LogP contribution in [0.4, 0.5) is 4.39 Å². The summed E-state index contributed by atoms with van der Waals surface area (Å²) in [5.41, 5.74) is 2.46. The van der Waals surface area contributed by atoms with Crippen LogP contribution in [0, 0.1) is 16.6 Å². The van der Waals surface area contributed by atoms with Gasteiger partial charge in [0.2, 0.25) is 0 Å². The Labute approximate surface area is 154 Å². The topological polar surface area (TPSA) is 33.2 Å². The van der Waals surface area contributed by atoms with E-state index < -0.39 is 0 Å². The number of halogens is 1. The Kier molecular flexibility index (Phi) is 3.90. The summed E-state index contributed by atoms with van der Waals surface area (Å²) in [5, 5.41) is 0. The lowest BCUT2D eigenvalue weighted by Crippen LogP contribution is -2.38. The molecule has 2 bridgehead atoms. The maximum absolute atomic E-state index is 13.2. The molecule has 0 N–H and O–H groups in total. The molecule has 1 saturated carbocycles. The van der Waals surface area contributed by atoms with Gasteiger partial charge in [0.15, 0.2) is 0 Å². The Balaban J connectivity index is 1.61. The number of pyridine rings is 1. The van der Waals surface area contributed by atoms with E-state index in [1.165, 1.54) is 12.1 Å². The zero-order valence-electron chi connectivity index (χ0n) is 15.6. The van der Waals surface area contributed by atoms with Gasteiger partial charge in [-0.15, -0.1) is 0 Å². The highest BCUT2D eigenvalue weighted by atomic mass is 19.1. The lowest BCUT2D eigenvalue weighted by atomic mass is 9.65. The van der Waals surface area contributed by atoms with Crippen molar-refractivity contribution in [1.82, 2.24) is 9.88 Å². The first-order valence-electron chi connectivity index (χ1n) is 9.29. The first kappa shape index (κ1) is 17.2. The monoisotopic (exact) mass is 352 g/mol. The molecule has 0 radical (unpaired) electrons.